The van der Waals surface area contributed by atoms with Gasteiger partial charge in [0.05, 0.1) is 0 Å². The number of rotatable bonds is 3. The second-order valence-electron chi connectivity index (χ2n) is 4.62. The average Bonchev–Trinajstić information content (AvgIpc) is 2.96. The highest BCUT2D eigenvalue weighted by Gasteiger charge is 2.09. The number of imidazole rings is 1. The lowest BCUT2D eigenvalue weighted by atomic mass is 10.2. The fourth-order valence-electron chi connectivity index (χ4n) is 1.82. The van der Waals surface area contributed by atoms with Gasteiger partial charge < -0.3 is 5.73 Å². The van der Waals surface area contributed by atoms with Gasteiger partial charge in [0, 0.05) is 17.3 Å². The van der Waals surface area contributed by atoms with Gasteiger partial charge in [0.25, 0.3) is 0 Å². The Morgan fingerprint density at radius 2 is 2.00 bits per heavy atom. The average molecular weight is 298 g/mol. The second kappa shape index (κ2) is 5.53. The summed E-state index contributed by atoms with van der Waals surface area (Å²) in [6.45, 7) is 4.12. The molecule has 0 saturated carbocycles. The van der Waals surface area contributed by atoms with E-state index < -0.39 is 0 Å². The van der Waals surface area contributed by atoms with Gasteiger partial charge in [0.1, 0.15) is 6.33 Å². The number of hydrogen-bond acceptors (Lipinski definition) is 6. The number of nitrogen functional groups attached to an aromatic ring is 1. The van der Waals surface area contributed by atoms with Gasteiger partial charge in [-0.3, -0.25) is 4.57 Å². The van der Waals surface area contributed by atoms with E-state index in [4.69, 9.17) is 5.73 Å². The minimum atomic E-state index is 0.196. The Balaban J connectivity index is 1.97. The van der Waals surface area contributed by atoms with Crippen molar-refractivity contribution in [1.82, 2.24) is 24.5 Å². The van der Waals surface area contributed by atoms with Gasteiger partial charge >= 0.3 is 0 Å². The van der Waals surface area contributed by atoms with Crippen LogP contribution in [0.4, 0.5) is 5.95 Å². The molecule has 0 aliphatic carbocycles. The number of nitrogens with zero attached hydrogens (tertiary/aromatic N) is 5. The standard InChI is InChI=1S/C14H14N6S/c1-9-3-4-10(2)11(7-9)21-14-18-12(15)17-13(19-14)20-6-5-16-8-20/h3-8H,1-2H3,(H2,15,17,18,19). The molecule has 0 fully saturated rings. The van der Waals surface area contributed by atoms with Crippen molar-refractivity contribution in [2.45, 2.75) is 23.9 Å². The first kappa shape index (κ1) is 13.6. The van der Waals surface area contributed by atoms with Crippen LogP contribution in [0.25, 0.3) is 5.95 Å². The van der Waals surface area contributed by atoms with E-state index >= 15 is 0 Å². The highest BCUT2D eigenvalue weighted by Crippen LogP contribution is 2.29. The number of anilines is 1. The highest BCUT2D eigenvalue weighted by molar-refractivity contribution is 7.99. The fourth-order valence-corrected chi connectivity index (χ4v) is 2.75. The molecule has 1 aromatic carbocycles. The van der Waals surface area contributed by atoms with Gasteiger partial charge in [-0.15, -0.1) is 0 Å². The molecule has 3 aromatic rings. The Bertz CT molecular complexity index is 769. The Hall–Kier alpha value is -2.41. The fraction of sp³-hybridized carbons (Fsp3) is 0.143. The molecule has 3 rings (SSSR count). The Morgan fingerprint density at radius 1 is 1.14 bits per heavy atom. The maximum atomic E-state index is 5.78. The lowest BCUT2D eigenvalue weighted by molar-refractivity contribution is 0.832. The van der Waals surface area contributed by atoms with Crippen molar-refractivity contribution in [1.29, 1.82) is 0 Å². The number of aryl methyl sites for hydroxylation is 2. The number of nitrogens with two attached hydrogens (primary N) is 1. The van der Waals surface area contributed by atoms with Crippen LogP contribution < -0.4 is 5.73 Å². The molecule has 2 heterocycles. The van der Waals surface area contributed by atoms with Crippen LogP contribution in [-0.4, -0.2) is 24.5 Å². The first-order chi connectivity index (χ1) is 10.1. The third kappa shape index (κ3) is 3.03. The third-order valence-corrected chi connectivity index (χ3v) is 3.93. The predicted molar refractivity (Wildman–Crippen MR) is 81.4 cm³/mol. The SMILES string of the molecule is Cc1ccc(C)c(Sc2nc(N)nc(-n3ccnc3)n2)c1. The largest absolute Gasteiger partial charge is 0.368 e. The van der Waals surface area contributed by atoms with Crippen molar-refractivity contribution < 1.29 is 0 Å². The van der Waals surface area contributed by atoms with E-state index in [-0.39, 0.29) is 5.95 Å². The van der Waals surface area contributed by atoms with E-state index in [1.54, 1.807) is 23.3 Å². The molecule has 106 valence electrons. The summed E-state index contributed by atoms with van der Waals surface area (Å²) in [4.78, 5) is 17.8. The summed E-state index contributed by atoms with van der Waals surface area (Å²) in [6, 6.07) is 6.27. The molecule has 0 spiro atoms. The summed E-state index contributed by atoms with van der Waals surface area (Å²) < 4.78 is 1.70. The monoisotopic (exact) mass is 298 g/mol. The van der Waals surface area contributed by atoms with Crippen molar-refractivity contribution in [3.8, 4) is 5.95 Å². The van der Waals surface area contributed by atoms with Crippen molar-refractivity contribution in [2.24, 2.45) is 0 Å². The highest BCUT2D eigenvalue weighted by atomic mass is 32.2. The molecule has 0 atom stereocenters. The molecule has 7 heteroatoms. The van der Waals surface area contributed by atoms with E-state index in [9.17, 15) is 0 Å². The normalized spacial score (nSPS) is 10.8. The van der Waals surface area contributed by atoms with Crippen LogP contribution in [0.15, 0.2) is 47.0 Å². The van der Waals surface area contributed by atoms with Crippen LogP contribution in [0.1, 0.15) is 11.1 Å². The molecule has 0 aliphatic rings. The van der Waals surface area contributed by atoms with Crippen molar-refractivity contribution in [2.75, 3.05) is 5.73 Å². The number of benzene rings is 1. The molecular formula is C14H14N6S. The summed E-state index contributed by atoms with van der Waals surface area (Å²) in [5.74, 6) is 0.661. The van der Waals surface area contributed by atoms with Crippen molar-refractivity contribution in [3.05, 3.63) is 48.0 Å². The molecule has 0 unspecified atom stereocenters. The first-order valence-corrected chi connectivity index (χ1v) is 7.18. The topological polar surface area (TPSA) is 82.5 Å². The van der Waals surface area contributed by atoms with Gasteiger partial charge in [-0.25, -0.2) is 4.98 Å². The van der Waals surface area contributed by atoms with Crippen molar-refractivity contribution >= 4 is 17.7 Å². The quantitative estimate of drug-likeness (QED) is 0.799. The number of hydrogen-bond donors (Lipinski definition) is 1. The molecule has 2 aromatic heterocycles. The molecular weight excluding hydrogens is 284 g/mol. The van der Waals surface area contributed by atoms with Crippen LogP contribution >= 0.6 is 11.8 Å². The smallest absolute Gasteiger partial charge is 0.240 e. The summed E-state index contributed by atoms with van der Waals surface area (Å²) >= 11 is 1.48. The number of aromatic nitrogens is 5. The molecule has 21 heavy (non-hydrogen) atoms. The van der Waals surface area contributed by atoms with E-state index in [0.717, 1.165) is 4.90 Å². The minimum absolute atomic E-state index is 0.196. The summed E-state index contributed by atoms with van der Waals surface area (Å²) in [5.41, 5.74) is 8.15. The maximum absolute atomic E-state index is 5.78. The van der Waals surface area contributed by atoms with Gasteiger partial charge in [-0.2, -0.15) is 15.0 Å². The van der Waals surface area contributed by atoms with Crippen LogP contribution in [0, 0.1) is 13.8 Å². The van der Waals surface area contributed by atoms with Gasteiger partial charge in [-0.1, -0.05) is 12.1 Å². The van der Waals surface area contributed by atoms with E-state index in [1.807, 2.05) is 0 Å². The minimum Gasteiger partial charge on any atom is -0.368 e. The molecule has 0 bridgehead atoms. The van der Waals surface area contributed by atoms with E-state index in [0.29, 0.717) is 11.1 Å². The van der Waals surface area contributed by atoms with Crippen LogP contribution in [0.5, 0.6) is 0 Å². The maximum Gasteiger partial charge on any atom is 0.240 e. The Kier molecular flexibility index (Phi) is 3.57. The third-order valence-electron chi connectivity index (χ3n) is 2.90. The Labute approximate surface area is 126 Å². The molecule has 0 aliphatic heterocycles. The lowest BCUT2D eigenvalue weighted by Crippen LogP contribution is -2.06. The zero-order chi connectivity index (χ0) is 14.8. The second-order valence-corrected chi connectivity index (χ2v) is 5.63. The Morgan fingerprint density at radius 3 is 2.76 bits per heavy atom. The van der Waals surface area contributed by atoms with E-state index in [2.05, 4.69) is 52.0 Å². The summed E-state index contributed by atoms with van der Waals surface area (Å²) in [6.07, 6.45) is 5.06. The molecule has 0 amide bonds. The molecule has 6 nitrogen and oxygen atoms in total. The lowest BCUT2D eigenvalue weighted by Gasteiger charge is -2.07. The predicted octanol–water partition coefficient (Wildman–Crippen LogP) is 2.41. The zero-order valence-electron chi connectivity index (χ0n) is 11.7. The zero-order valence-corrected chi connectivity index (χ0v) is 12.5. The molecule has 0 radical (unpaired) electrons. The summed E-state index contributed by atoms with van der Waals surface area (Å²) in [7, 11) is 0. The van der Waals surface area contributed by atoms with Crippen LogP contribution in [-0.2, 0) is 0 Å². The van der Waals surface area contributed by atoms with Gasteiger partial charge in [-0.05, 0) is 42.8 Å². The van der Waals surface area contributed by atoms with Gasteiger partial charge in [0.15, 0.2) is 5.16 Å². The molecule has 0 saturated heterocycles. The van der Waals surface area contributed by atoms with E-state index in [1.165, 1.54) is 22.9 Å². The van der Waals surface area contributed by atoms with Gasteiger partial charge in [0.2, 0.25) is 11.9 Å². The van der Waals surface area contributed by atoms with Crippen molar-refractivity contribution in [3.63, 3.8) is 0 Å². The summed E-state index contributed by atoms with van der Waals surface area (Å²) in [5, 5.41) is 0.569. The first-order valence-electron chi connectivity index (χ1n) is 6.37. The van der Waals surface area contributed by atoms with Crippen LogP contribution in [0.3, 0.4) is 0 Å². The van der Waals surface area contributed by atoms with Crippen LogP contribution in [0.2, 0.25) is 0 Å². The molecule has 2 N–H and O–H groups in total.